The van der Waals surface area contributed by atoms with Crippen LogP contribution in [-0.2, 0) is 10.0 Å². The molecule has 0 amide bonds. The molecule has 1 fully saturated rings. The Morgan fingerprint density at radius 2 is 1.64 bits per heavy atom. The van der Waals surface area contributed by atoms with Crippen molar-refractivity contribution in [3.8, 4) is 11.8 Å². The van der Waals surface area contributed by atoms with Crippen LogP contribution in [0.2, 0.25) is 0 Å². The van der Waals surface area contributed by atoms with Gasteiger partial charge >= 0.3 is 0 Å². The highest BCUT2D eigenvalue weighted by Gasteiger charge is 2.31. The maximum Gasteiger partial charge on any atom is 0.243 e. The van der Waals surface area contributed by atoms with Crippen LogP contribution in [0.4, 0.5) is 0 Å². The Labute approximate surface area is 167 Å². The molecule has 1 heterocycles. The second-order valence-corrected chi connectivity index (χ2v) is 8.72. The predicted molar refractivity (Wildman–Crippen MR) is 107 cm³/mol. The Kier molecular flexibility index (Phi) is 6.35. The zero-order valence-corrected chi connectivity index (χ0v) is 17.0. The van der Waals surface area contributed by atoms with Crippen LogP contribution in [0.1, 0.15) is 24.1 Å². The number of aryl methyl sites for hydroxylation is 1. The maximum atomic E-state index is 12.9. The third-order valence-electron chi connectivity index (χ3n) is 4.93. The van der Waals surface area contributed by atoms with Gasteiger partial charge in [-0.25, -0.2) is 8.42 Å². The third-order valence-corrected chi connectivity index (χ3v) is 6.84. The third kappa shape index (κ3) is 4.36. The van der Waals surface area contributed by atoms with E-state index in [1.165, 1.54) is 4.31 Å². The Hall–Kier alpha value is -2.40. The second-order valence-electron chi connectivity index (χ2n) is 6.79. The number of piperazine rings is 1. The lowest BCUT2D eigenvalue weighted by Gasteiger charge is -2.36. The molecule has 148 valence electrons. The highest BCUT2D eigenvalue weighted by Crippen LogP contribution is 2.25. The van der Waals surface area contributed by atoms with Crippen molar-refractivity contribution in [1.29, 1.82) is 5.26 Å². The summed E-state index contributed by atoms with van der Waals surface area (Å²) < 4.78 is 32.7. The number of rotatable bonds is 6. The van der Waals surface area contributed by atoms with Gasteiger partial charge in [0.25, 0.3) is 0 Å². The smallest absolute Gasteiger partial charge is 0.243 e. The van der Waals surface area contributed by atoms with Crippen LogP contribution in [0.25, 0.3) is 0 Å². The molecule has 2 aromatic rings. The van der Waals surface area contributed by atoms with Gasteiger partial charge in [0.2, 0.25) is 10.0 Å². The predicted octanol–water partition coefficient (Wildman–Crippen LogP) is 2.96. The first-order valence-corrected chi connectivity index (χ1v) is 10.8. The molecule has 0 spiro atoms. The molecule has 0 bridgehead atoms. The van der Waals surface area contributed by atoms with Gasteiger partial charge < -0.3 is 4.74 Å². The fourth-order valence-electron chi connectivity index (χ4n) is 3.34. The minimum atomic E-state index is -3.55. The van der Waals surface area contributed by atoms with Crippen LogP contribution in [0.5, 0.6) is 5.75 Å². The zero-order valence-electron chi connectivity index (χ0n) is 16.2. The lowest BCUT2D eigenvalue weighted by molar-refractivity contribution is 0.162. The average molecular weight is 400 g/mol. The van der Waals surface area contributed by atoms with Gasteiger partial charge in [-0.3, -0.25) is 4.90 Å². The van der Waals surface area contributed by atoms with Gasteiger partial charge in [-0.1, -0.05) is 29.8 Å². The molecular weight excluding hydrogens is 374 g/mol. The summed E-state index contributed by atoms with van der Waals surface area (Å²) in [5.74, 6) is 0.654. The first kappa shape index (κ1) is 20.3. The Morgan fingerprint density at radius 1 is 1.04 bits per heavy atom. The van der Waals surface area contributed by atoms with Gasteiger partial charge in [-0.2, -0.15) is 9.57 Å². The van der Waals surface area contributed by atoms with Crippen molar-refractivity contribution in [3.05, 3.63) is 59.7 Å². The van der Waals surface area contributed by atoms with Crippen LogP contribution in [0, 0.1) is 18.3 Å². The van der Waals surface area contributed by atoms with Crippen molar-refractivity contribution in [3.63, 3.8) is 0 Å². The van der Waals surface area contributed by atoms with Crippen LogP contribution in [0.3, 0.4) is 0 Å². The highest BCUT2D eigenvalue weighted by molar-refractivity contribution is 7.89. The van der Waals surface area contributed by atoms with Gasteiger partial charge in [0.05, 0.1) is 17.6 Å². The number of nitrogens with zero attached hydrogens (tertiary/aromatic N) is 3. The van der Waals surface area contributed by atoms with Gasteiger partial charge in [-0.05, 0) is 43.7 Å². The van der Waals surface area contributed by atoms with E-state index in [4.69, 9.17) is 4.74 Å². The molecule has 0 aromatic heterocycles. The summed E-state index contributed by atoms with van der Waals surface area (Å²) >= 11 is 0. The molecule has 0 saturated carbocycles. The largest absolute Gasteiger partial charge is 0.494 e. The number of benzene rings is 2. The van der Waals surface area contributed by atoms with E-state index in [1.807, 2.05) is 43.0 Å². The van der Waals surface area contributed by atoms with E-state index in [9.17, 15) is 13.7 Å². The summed E-state index contributed by atoms with van der Waals surface area (Å²) in [6, 6.07) is 16.4. The number of sulfonamides is 1. The monoisotopic (exact) mass is 399 g/mol. The Morgan fingerprint density at radius 3 is 2.18 bits per heavy atom. The van der Waals surface area contributed by atoms with E-state index in [0.29, 0.717) is 38.5 Å². The number of ether oxygens (including phenoxy) is 1. The SMILES string of the molecule is CCOc1ccc(S(=O)(=O)N2CCN(C(C#N)c3ccc(C)cc3)CC2)cc1. The Balaban J connectivity index is 1.68. The topological polar surface area (TPSA) is 73.6 Å². The lowest BCUT2D eigenvalue weighted by Crippen LogP contribution is -2.49. The van der Waals surface area contributed by atoms with Crippen molar-refractivity contribution >= 4 is 10.0 Å². The number of hydrogen-bond acceptors (Lipinski definition) is 5. The van der Waals surface area contributed by atoms with E-state index >= 15 is 0 Å². The molecular formula is C21H25N3O3S. The summed E-state index contributed by atoms with van der Waals surface area (Å²) in [6.45, 7) is 6.18. The average Bonchev–Trinajstić information content (AvgIpc) is 2.71. The first-order chi connectivity index (χ1) is 13.5. The molecule has 1 unspecified atom stereocenters. The molecule has 1 aliphatic heterocycles. The molecule has 0 radical (unpaired) electrons. The molecule has 0 N–H and O–H groups in total. The summed E-state index contributed by atoms with van der Waals surface area (Å²) in [7, 11) is -3.55. The van der Waals surface area contributed by atoms with E-state index < -0.39 is 10.0 Å². The van der Waals surface area contributed by atoms with E-state index in [-0.39, 0.29) is 10.9 Å². The summed E-state index contributed by atoms with van der Waals surface area (Å²) in [5, 5.41) is 9.64. The molecule has 7 heteroatoms. The molecule has 1 aliphatic rings. The van der Waals surface area contributed by atoms with E-state index in [2.05, 4.69) is 6.07 Å². The molecule has 0 aliphatic carbocycles. The summed E-state index contributed by atoms with van der Waals surface area (Å²) in [5.41, 5.74) is 2.09. The molecule has 2 aromatic carbocycles. The molecule has 3 rings (SSSR count). The van der Waals surface area contributed by atoms with Crippen LogP contribution < -0.4 is 4.74 Å². The number of nitriles is 1. The molecule has 1 saturated heterocycles. The standard InChI is InChI=1S/C21H25N3O3S/c1-3-27-19-8-10-20(11-9-19)28(25,26)24-14-12-23(13-15-24)21(16-22)18-6-4-17(2)5-7-18/h4-11,21H,3,12-15H2,1-2H3. The van der Waals surface area contributed by atoms with E-state index in [0.717, 1.165) is 11.1 Å². The second kappa shape index (κ2) is 8.74. The summed E-state index contributed by atoms with van der Waals surface area (Å²) in [4.78, 5) is 2.30. The lowest BCUT2D eigenvalue weighted by atomic mass is 10.0. The fourth-order valence-corrected chi connectivity index (χ4v) is 4.76. The van der Waals surface area contributed by atoms with Crippen molar-refractivity contribution in [2.75, 3.05) is 32.8 Å². The van der Waals surface area contributed by atoms with Gasteiger partial charge in [-0.15, -0.1) is 0 Å². The van der Waals surface area contributed by atoms with Crippen LogP contribution >= 0.6 is 0 Å². The van der Waals surface area contributed by atoms with Gasteiger partial charge in [0, 0.05) is 26.2 Å². The van der Waals surface area contributed by atoms with Crippen molar-refractivity contribution in [2.45, 2.75) is 24.8 Å². The Bertz CT molecular complexity index is 926. The number of hydrogen-bond donors (Lipinski definition) is 0. The van der Waals surface area contributed by atoms with Crippen LogP contribution in [-0.4, -0.2) is 50.4 Å². The van der Waals surface area contributed by atoms with Gasteiger partial charge in [0.15, 0.2) is 0 Å². The molecule has 28 heavy (non-hydrogen) atoms. The quantitative estimate of drug-likeness (QED) is 0.747. The molecule has 1 atom stereocenters. The van der Waals surface area contributed by atoms with Gasteiger partial charge in [0.1, 0.15) is 11.8 Å². The van der Waals surface area contributed by atoms with E-state index in [1.54, 1.807) is 24.3 Å². The normalized spacial score (nSPS) is 17.0. The maximum absolute atomic E-state index is 12.9. The summed E-state index contributed by atoms with van der Waals surface area (Å²) in [6.07, 6.45) is 0. The fraction of sp³-hybridized carbons (Fsp3) is 0.381. The van der Waals surface area contributed by atoms with Crippen molar-refractivity contribution in [2.24, 2.45) is 0 Å². The minimum Gasteiger partial charge on any atom is -0.494 e. The van der Waals surface area contributed by atoms with Crippen LogP contribution in [0.15, 0.2) is 53.4 Å². The molecule has 6 nitrogen and oxygen atoms in total. The van der Waals surface area contributed by atoms with Crippen molar-refractivity contribution in [1.82, 2.24) is 9.21 Å². The van der Waals surface area contributed by atoms with Crippen molar-refractivity contribution < 1.29 is 13.2 Å². The zero-order chi connectivity index (χ0) is 20.1. The first-order valence-electron chi connectivity index (χ1n) is 9.39. The highest BCUT2D eigenvalue weighted by atomic mass is 32.2. The minimum absolute atomic E-state index is 0.264.